The number of pyridine rings is 2. The average molecular weight is 283 g/mol. The van der Waals surface area contributed by atoms with Crippen LogP contribution in [0.3, 0.4) is 0 Å². The summed E-state index contributed by atoms with van der Waals surface area (Å²) in [6.45, 7) is 1.61. The fraction of sp³-hybridized carbons (Fsp3) is 0.312. The number of nitrogens with one attached hydrogen (secondary N) is 2. The lowest BCUT2D eigenvalue weighted by Crippen LogP contribution is -2.39. The lowest BCUT2D eigenvalue weighted by molar-refractivity contribution is 0.769. The molecule has 2 aromatic heterocycles. The van der Waals surface area contributed by atoms with Crippen LogP contribution in [-0.2, 0) is 12.8 Å². The molecular weight excluding hydrogens is 262 g/mol. The molecule has 0 fully saturated rings. The van der Waals surface area contributed by atoms with Crippen molar-refractivity contribution in [2.75, 3.05) is 20.1 Å². The Morgan fingerprint density at radius 1 is 0.905 bits per heavy atom. The molecule has 0 amide bonds. The van der Waals surface area contributed by atoms with Crippen molar-refractivity contribution < 1.29 is 0 Å². The van der Waals surface area contributed by atoms with Crippen molar-refractivity contribution >= 4 is 5.96 Å². The Morgan fingerprint density at radius 3 is 1.81 bits per heavy atom. The van der Waals surface area contributed by atoms with E-state index in [1.807, 2.05) is 48.8 Å². The van der Waals surface area contributed by atoms with Gasteiger partial charge >= 0.3 is 0 Å². The first-order valence-electron chi connectivity index (χ1n) is 7.13. The number of nitrogens with zero attached hydrogens (tertiary/aromatic N) is 3. The summed E-state index contributed by atoms with van der Waals surface area (Å²) < 4.78 is 0. The first kappa shape index (κ1) is 15.0. The topological polar surface area (TPSA) is 62.2 Å². The van der Waals surface area contributed by atoms with Gasteiger partial charge in [-0.25, -0.2) is 0 Å². The Morgan fingerprint density at radius 2 is 1.43 bits per heavy atom. The van der Waals surface area contributed by atoms with E-state index in [1.165, 1.54) is 0 Å². The number of aliphatic imine (C=N–C) groups is 1. The van der Waals surface area contributed by atoms with Gasteiger partial charge < -0.3 is 10.6 Å². The Kier molecular flexibility index (Phi) is 6.19. The Labute approximate surface area is 125 Å². The van der Waals surface area contributed by atoms with Crippen molar-refractivity contribution in [3.8, 4) is 0 Å². The van der Waals surface area contributed by atoms with Crippen LogP contribution in [0.4, 0.5) is 0 Å². The van der Waals surface area contributed by atoms with Crippen molar-refractivity contribution in [1.82, 2.24) is 20.6 Å². The van der Waals surface area contributed by atoms with Crippen LogP contribution in [0.1, 0.15) is 11.4 Å². The van der Waals surface area contributed by atoms with Crippen LogP contribution in [0.25, 0.3) is 0 Å². The summed E-state index contributed by atoms with van der Waals surface area (Å²) in [6, 6.07) is 11.9. The second kappa shape index (κ2) is 8.68. The van der Waals surface area contributed by atoms with Crippen molar-refractivity contribution in [2.45, 2.75) is 12.8 Å². The molecule has 5 heteroatoms. The molecule has 2 rings (SSSR count). The van der Waals surface area contributed by atoms with E-state index in [2.05, 4.69) is 25.6 Å². The maximum Gasteiger partial charge on any atom is 0.191 e. The van der Waals surface area contributed by atoms with Gasteiger partial charge in [0.25, 0.3) is 0 Å². The molecule has 2 N–H and O–H groups in total. The third-order valence-electron chi connectivity index (χ3n) is 3.02. The van der Waals surface area contributed by atoms with Gasteiger partial charge in [0.05, 0.1) is 0 Å². The lowest BCUT2D eigenvalue weighted by atomic mass is 10.2. The first-order valence-corrected chi connectivity index (χ1v) is 7.13. The molecule has 5 nitrogen and oxygen atoms in total. The SMILES string of the molecule is CN=C(NCCc1ccccn1)NCCc1ccccn1. The molecule has 21 heavy (non-hydrogen) atoms. The predicted molar refractivity (Wildman–Crippen MR) is 85.2 cm³/mol. The zero-order valence-electron chi connectivity index (χ0n) is 12.3. The van der Waals surface area contributed by atoms with Gasteiger partial charge in [-0.05, 0) is 24.3 Å². The van der Waals surface area contributed by atoms with Crippen LogP contribution in [0.2, 0.25) is 0 Å². The number of rotatable bonds is 6. The molecule has 2 heterocycles. The maximum absolute atomic E-state index is 4.29. The molecule has 2 aromatic rings. The zero-order chi connectivity index (χ0) is 14.8. The molecule has 0 saturated heterocycles. The third kappa shape index (κ3) is 5.60. The predicted octanol–water partition coefficient (Wildman–Crippen LogP) is 1.43. The Bertz CT molecular complexity index is 492. The van der Waals surface area contributed by atoms with Crippen LogP contribution < -0.4 is 10.6 Å². The van der Waals surface area contributed by atoms with Gasteiger partial charge in [-0.3, -0.25) is 15.0 Å². The highest BCUT2D eigenvalue weighted by Crippen LogP contribution is 1.94. The van der Waals surface area contributed by atoms with Gasteiger partial charge in [-0.15, -0.1) is 0 Å². The molecule has 0 aliphatic rings. The lowest BCUT2D eigenvalue weighted by Gasteiger charge is -2.11. The van der Waals surface area contributed by atoms with E-state index in [4.69, 9.17) is 0 Å². The fourth-order valence-corrected chi connectivity index (χ4v) is 1.93. The maximum atomic E-state index is 4.29. The van der Waals surface area contributed by atoms with Gasteiger partial charge in [-0.2, -0.15) is 0 Å². The molecule has 0 aliphatic heterocycles. The molecule has 0 aliphatic carbocycles. The number of aromatic nitrogens is 2. The molecule has 0 atom stereocenters. The van der Waals surface area contributed by atoms with E-state index in [1.54, 1.807) is 7.05 Å². The Balaban J connectivity index is 1.67. The minimum absolute atomic E-state index is 0.806. The molecule has 0 spiro atoms. The van der Waals surface area contributed by atoms with Gasteiger partial charge in [0, 0.05) is 56.8 Å². The van der Waals surface area contributed by atoms with Gasteiger partial charge in [0.2, 0.25) is 0 Å². The van der Waals surface area contributed by atoms with E-state index in [9.17, 15) is 0 Å². The summed E-state index contributed by atoms with van der Waals surface area (Å²) in [5.41, 5.74) is 2.16. The molecule has 0 bridgehead atoms. The highest BCUT2D eigenvalue weighted by atomic mass is 15.2. The smallest absolute Gasteiger partial charge is 0.191 e. The standard InChI is InChI=1S/C16H21N5/c1-17-16(20-12-8-14-6-2-4-10-18-14)21-13-9-15-7-3-5-11-19-15/h2-7,10-11H,8-9,12-13H2,1H3,(H2,17,20,21). The second-order valence-electron chi connectivity index (χ2n) is 4.57. The molecule has 0 saturated carbocycles. The zero-order valence-corrected chi connectivity index (χ0v) is 12.3. The summed E-state index contributed by atoms with van der Waals surface area (Å²) in [5, 5.41) is 6.57. The number of hydrogen-bond acceptors (Lipinski definition) is 3. The van der Waals surface area contributed by atoms with Crippen LogP contribution >= 0.6 is 0 Å². The molecule has 110 valence electrons. The number of guanidine groups is 1. The average Bonchev–Trinajstić information content (AvgIpc) is 2.55. The van der Waals surface area contributed by atoms with E-state index in [0.29, 0.717) is 0 Å². The van der Waals surface area contributed by atoms with Gasteiger partial charge in [-0.1, -0.05) is 12.1 Å². The van der Waals surface area contributed by atoms with E-state index >= 15 is 0 Å². The summed E-state index contributed by atoms with van der Waals surface area (Å²) in [5.74, 6) is 0.807. The highest BCUT2D eigenvalue weighted by Gasteiger charge is 1.99. The van der Waals surface area contributed by atoms with Crippen LogP contribution in [0, 0.1) is 0 Å². The summed E-state index contributed by atoms with van der Waals surface area (Å²) in [6.07, 6.45) is 5.38. The molecule has 0 radical (unpaired) electrons. The summed E-state index contributed by atoms with van der Waals surface area (Å²) >= 11 is 0. The largest absolute Gasteiger partial charge is 0.356 e. The van der Waals surface area contributed by atoms with Crippen molar-refractivity contribution in [2.24, 2.45) is 4.99 Å². The second-order valence-corrected chi connectivity index (χ2v) is 4.57. The highest BCUT2D eigenvalue weighted by molar-refractivity contribution is 5.79. The van der Waals surface area contributed by atoms with E-state index in [-0.39, 0.29) is 0 Å². The Hall–Kier alpha value is -2.43. The fourth-order valence-electron chi connectivity index (χ4n) is 1.93. The number of hydrogen-bond donors (Lipinski definition) is 2. The van der Waals surface area contributed by atoms with Crippen LogP contribution in [0.15, 0.2) is 53.8 Å². The van der Waals surface area contributed by atoms with Gasteiger partial charge in [0.1, 0.15) is 0 Å². The normalized spacial score (nSPS) is 9.95. The minimum Gasteiger partial charge on any atom is -0.356 e. The third-order valence-corrected chi connectivity index (χ3v) is 3.02. The van der Waals surface area contributed by atoms with Crippen LogP contribution in [-0.4, -0.2) is 36.1 Å². The van der Waals surface area contributed by atoms with E-state index in [0.717, 1.165) is 43.3 Å². The molecule has 0 aromatic carbocycles. The summed E-state index contributed by atoms with van der Waals surface area (Å²) in [4.78, 5) is 12.8. The van der Waals surface area contributed by atoms with Crippen molar-refractivity contribution in [1.29, 1.82) is 0 Å². The first-order chi connectivity index (χ1) is 10.4. The monoisotopic (exact) mass is 283 g/mol. The van der Waals surface area contributed by atoms with Crippen molar-refractivity contribution in [3.63, 3.8) is 0 Å². The summed E-state index contributed by atoms with van der Waals surface area (Å²) in [7, 11) is 1.77. The quantitative estimate of drug-likeness (QED) is 0.622. The molecular formula is C16H21N5. The molecule has 0 unspecified atom stereocenters. The van der Waals surface area contributed by atoms with Gasteiger partial charge in [0.15, 0.2) is 5.96 Å². The van der Waals surface area contributed by atoms with Crippen molar-refractivity contribution in [3.05, 3.63) is 60.2 Å². The minimum atomic E-state index is 0.806. The van der Waals surface area contributed by atoms with Crippen LogP contribution in [0.5, 0.6) is 0 Å². The van der Waals surface area contributed by atoms with E-state index < -0.39 is 0 Å².